The molecule has 0 atom stereocenters. The minimum absolute atomic E-state index is 0.127. The maximum Gasteiger partial charge on any atom is 0.195 e. The number of rotatable bonds is 3. The van der Waals surface area contributed by atoms with Crippen LogP contribution in [0.1, 0.15) is 5.56 Å². The lowest BCUT2D eigenvalue weighted by Crippen LogP contribution is -1.96. The molecule has 0 aliphatic rings. The zero-order valence-electron chi connectivity index (χ0n) is 11.2. The summed E-state index contributed by atoms with van der Waals surface area (Å²) >= 11 is 0. The number of nitrogens with zero attached hydrogens (tertiary/aromatic N) is 1. The van der Waals surface area contributed by atoms with E-state index < -0.39 is 24.1 Å². The van der Waals surface area contributed by atoms with Crippen molar-refractivity contribution in [1.29, 1.82) is 0 Å². The lowest BCUT2D eigenvalue weighted by atomic mass is 10.0. The fourth-order valence-corrected chi connectivity index (χ4v) is 2.19. The minimum Gasteiger partial charge on any atom is -0.391 e. The molecule has 0 saturated carbocycles. The van der Waals surface area contributed by atoms with Gasteiger partial charge in [0.1, 0.15) is 5.69 Å². The second kappa shape index (κ2) is 5.65. The number of halogens is 3. The first-order chi connectivity index (χ1) is 10.6. The third kappa shape index (κ3) is 2.27. The van der Waals surface area contributed by atoms with Gasteiger partial charge < -0.3 is 9.63 Å². The number of hydrogen-bond donors (Lipinski definition) is 1. The molecule has 112 valence electrons. The van der Waals surface area contributed by atoms with Crippen LogP contribution >= 0.6 is 0 Å². The first kappa shape index (κ1) is 14.3. The first-order valence-electron chi connectivity index (χ1n) is 6.42. The Morgan fingerprint density at radius 1 is 0.955 bits per heavy atom. The molecule has 1 heterocycles. The van der Waals surface area contributed by atoms with Crippen LogP contribution in [0.25, 0.3) is 22.6 Å². The summed E-state index contributed by atoms with van der Waals surface area (Å²) in [4.78, 5) is 0. The Labute approximate surface area is 123 Å². The summed E-state index contributed by atoms with van der Waals surface area (Å²) in [5.74, 6) is -4.41. The highest BCUT2D eigenvalue weighted by Crippen LogP contribution is 2.34. The number of aliphatic hydroxyl groups is 1. The summed E-state index contributed by atoms with van der Waals surface area (Å²) in [5.41, 5.74) is 0.889. The maximum absolute atomic E-state index is 13.9. The van der Waals surface area contributed by atoms with E-state index in [1.54, 1.807) is 30.3 Å². The molecule has 0 aliphatic heterocycles. The molecule has 1 aromatic heterocycles. The topological polar surface area (TPSA) is 46.3 Å². The highest BCUT2D eigenvalue weighted by atomic mass is 19.2. The van der Waals surface area contributed by atoms with Gasteiger partial charge in [-0.05, 0) is 12.1 Å². The van der Waals surface area contributed by atoms with E-state index in [2.05, 4.69) is 5.16 Å². The Morgan fingerprint density at radius 2 is 1.68 bits per heavy atom. The van der Waals surface area contributed by atoms with Crippen molar-refractivity contribution in [2.24, 2.45) is 0 Å². The van der Waals surface area contributed by atoms with Gasteiger partial charge in [0.05, 0.1) is 17.7 Å². The molecular formula is C16H10F3NO2. The SMILES string of the molecule is OCc1c(-c2ccccc2)noc1-c1ccc(F)c(F)c1F. The van der Waals surface area contributed by atoms with Crippen molar-refractivity contribution in [1.82, 2.24) is 5.16 Å². The lowest BCUT2D eigenvalue weighted by Gasteiger charge is -2.04. The molecule has 0 aliphatic carbocycles. The van der Waals surface area contributed by atoms with Crippen LogP contribution in [0.4, 0.5) is 13.2 Å². The second-order valence-corrected chi connectivity index (χ2v) is 4.59. The van der Waals surface area contributed by atoms with Crippen molar-refractivity contribution in [2.75, 3.05) is 0 Å². The fraction of sp³-hybridized carbons (Fsp3) is 0.0625. The zero-order chi connectivity index (χ0) is 15.7. The van der Waals surface area contributed by atoms with Crippen LogP contribution in [0.2, 0.25) is 0 Å². The van der Waals surface area contributed by atoms with E-state index in [0.29, 0.717) is 11.3 Å². The Kier molecular flexibility index (Phi) is 3.68. The van der Waals surface area contributed by atoms with Crippen LogP contribution in [-0.4, -0.2) is 10.3 Å². The second-order valence-electron chi connectivity index (χ2n) is 4.59. The van der Waals surface area contributed by atoms with Crippen LogP contribution in [-0.2, 0) is 6.61 Å². The van der Waals surface area contributed by atoms with Crippen molar-refractivity contribution >= 4 is 0 Å². The molecule has 0 bridgehead atoms. The summed E-state index contributed by atoms with van der Waals surface area (Å²) in [6.45, 7) is -0.485. The van der Waals surface area contributed by atoms with E-state index in [1.165, 1.54) is 0 Å². The first-order valence-corrected chi connectivity index (χ1v) is 6.42. The van der Waals surface area contributed by atoms with Gasteiger partial charge in [-0.1, -0.05) is 35.5 Å². The van der Waals surface area contributed by atoms with E-state index in [0.717, 1.165) is 12.1 Å². The molecular weight excluding hydrogens is 295 g/mol. The van der Waals surface area contributed by atoms with Crippen LogP contribution in [0.5, 0.6) is 0 Å². The maximum atomic E-state index is 13.9. The van der Waals surface area contributed by atoms with E-state index >= 15 is 0 Å². The van der Waals surface area contributed by atoms with Crippen LogP contribution in [0.15, 0.2) is 47.0 Å². The average Bonchev–Trinajstić information content (AvgIpc) is 2.97. The summed E-state index contributed by atoms with van der Waals surface area (Å²) in [7, 11) is 0. The van der Waals surface area contributed by atoms with E-state index in [9.17, 15) is 18.3 Å². The van der Waals surface area contributed by atoms with Crippen molar-refractivity contribution < 1.29 is 22.8 Å². The summed E-state index contributed by atoms with van der Waals surface area (Å²) in [6.07, 6.45) is 0. The number of hydrogen-bond acceptors (Lipinski definition) is 3. The molecule has 3 nitrogen and oxygen atoms in total. The molecule has 0 radical (unpaired) electrons. The van der Waals surface area contributed by atoms with Gasteiger partial charge in [-0.15, -0.1) is 0 Å². The van der Waals surface area contributed by atoms with Gasteiger partial charge in [0.2, 0.25) is 0 Å². The Bertz CT molecular complexity index is 816. The molecule has 3 aromatic rings. The highest BCUT2D eigenvalue weighted by molar-refractivity contribution is 5.72. The third-order valence-electron chi connectivity index (χ3n) is 3.27. The van der Waals surface area contributed by atoms with E-state index in [-0.39, 0.29) is 16.9 Å². The average molecular weight is 305 g/mol. The standard InChI is InChI=1S/C16H10F3NO2/c17-12-7-6-10(13(18)14(12)19)16-11(8-21)15(20-22-16)9-4-2-1-3-5-9/h1-7,21H,8H2. The molecule has 2 aromatic carbocycles. The van der Waals surface area contributed by atoms with Crippen molar-refractivity contribution in [2.45, 2.75) is 6.61 Å². The van der Waals surface area contributed by atoms with Gasteiger partial charge in [-0.2, -0.15) is 0 Å². The van der Waals surface area contributed by atoms with Crippen molar-refractivity contribution in [3.05, 3.63) is 65.5 Å². The molecule has 0 spiro atoms. The van der Waals surface area contributed by atoms with E-state index in [1.807, 2.05) is 0 Å². The molecule has 0 saturated heterocycles. The highest BCUT2D eigenvalue weighted by Gasteiger charge is 2.23. The fourth-order valence-electron chi connectivity index (χ4n) is 2.19. The summed E-state index contributed by atoms with van der Waals surface area (Å²) in [5, 5.41) is 13.3. The van der Waals surface area contributed by atoms with Gasteiger partial charge in [0.25, 0.3) is 0 Å². The molecule has 22 heavy (non-hydrogen) atoms. The lowest BCUT2D eigenvalue weighted by molar-refractivity contribution is 0.281. The van der Waals surface area contributed by atoms with Gasteiger partial charge >= 0.3 is 0 Å². The molecule has 0 fully saturated rings. The Balaban J connectivity index is 2.18. The van der Waals surface area contributed by atoms with Gasteiger partial charge in [0, 0.05) is 5.56 Å². The van der Waals surface area contributed by atoms with Gasteiger partial charge in [-0.25, -0.2) is 13.2 Å². The van der Waals surface area contributed by atoms with Gasteiger partial charge in [-0.3, -0.25) is 0 Å². The van der Waals surface area contributed by atoms with Gasteiger partial charge in [0.15, 0.2) is 23.2 Å². The quantitative estimate of drug-likeness (QED) is 0.746. The predicted octanol–water partition coefficient (Wildman–Crippen LogP) is 3.92. The molecule has 6 heteroatoms. The largest absolute Gasteiger partial charge is 0.391 e. The number of aliphatic hydroxyl groups excluding tert-OH is 1. The van der Waals surface area contributed by atoms with Crippen LogP contribution in [0, 0.1) is 17.5 Å². The predicted molar refractivity (Wildman–Crippen MR) is 73.2 cm³/mol. The summed E-state index contributed by atoms with van der Waals surface area (Å²) in [6, 6.07) is 10.6. The molecule has 0 unspecified atom stereocenters. The van der Waals surface area contributed by atoms with Crippen LogP contribution in [0.3, 0.4) is 0 Å². The minimum atomic E-state index is -1.60. The monoisotopic (exact) mass is 305 g/mol. The molecule has 1 N–H and O–H groups in total. The van der Waals surface area contributed by atoms with Crippen LogP contribution < -0.4 is 0 Å². The Morgan fingerprint density at radius 3 is 2.36 bits per heavy atom. The third-order valence-corrected chi connectivity index (χ3v) is 3.27. The van der Waals surface area contributed by atoms with E-state index in [4.69, 9.17) is 4.52 Å². The molecule has 3 rings (SSSR count). The number of aromatic nitrogens is 1. The van der Waals surface area contributed by atoms with Crippen molar-refractivity contribution in [3.63, 3.8) is 0 Å². The number of benzene rings is 2. The Hall–Kier alpha value is -2.60. The molecule has 0 amide bonds. The normalized spacial score (nSPS) is 10.9. The smallest absolute Gasteiger partial charge is 0.195 e. The van der Waals surface area contributed by atoms with Crippen molar-refractivity contribution in [3.8, 4) is 22.6 Å². The summed E-state index contributed by atoms with van der Waals surface area (Å²) < 4.78 is 45.3. The zero-order valence-corrected chi connectivity index (χ0v) is 11.2.